The van der Waals surface area contributed by atoms with Crippen molar-refractivity contribution in [3.63, 3.8) is 0 Å². The van der Waals surface area contributed by atoms with Crippen molar-refractivity contribution in [3.05, 3.63) is 59.2 Å². The van der Waals surface area contributed by atoms with E-state index in [0.29, 0.717) is 49.4 Å². The van der Waals surface area contributed by atoms with Crippen molar-refractivity contribution in [2.75, 3.05) is 6.54 Å². The number of aliphatic hydroxyl groups is 3. The zero-order valence-corrected chi connectivity index (χ0v) is 36.4. The Bertz CT molecular complexity index is 1530. The number of aliphatic hydroxyl groups excluding tert-OH is 2. The van der Waals surface area contributed by atoms with Gasteiger partial charge in [-0.25, -0.2) is 0 Å². The number of carboxylic acids is 1. The quantitative estimate of drug-likeness (QED) is 0.0612. The fourth-order valence-corrected chi connectivity index (χ4v) is 12.6. The third-order valence-corrected chi connectivity index (χ3v) is 16.0. The monoisotopic (exact) mass is 804 g/mol. The number of allylic oxidation sites excluding steroid dienone is 3. The van der Waals surface area contributed by atoms with E-state index >= 15 is 0 Å². The molecule has 8 nitrogen and oxygen atoms in total. The van der Waals surface area contributed by atoms with Gasteiger partial charge < -0.3 is 36.5 Å². The minimum atomic E-state index is -1.01. The molecule has 0 amide bonds. The predicted octanol–water partition coefficient (Wildman–Crippen LogP) is 10.2. The predicted molar refractivity (Wildman–Crippen MR) is 235 cm³/mol. The van der Waals surface area contributed by atoms with Crippen molar-refractivity contribution in [2.45, 2.75) is 192 Å². The Morgan fingerprint density at radius 2 is 1.72 bits per heavy atom. The van der Waals surface area contributed by atoms with Gasteiger partial charge in [-0.3, -0.25) is 4.79 Å². The summed E-state index contributed by atoms with van der Waals surface area (Å²) in [7, 11) is 0. The zero-order chi connectivity index (χ0) is 41.2. The molecule has 1 aliphatic heterocycles. The third kappa shape index (κ3) is 11.8. The van der Waals surface area contributed by atoms with E-state index < -0.39 is 23.6 Å². The van der Waals surface area contributed by atoms with Crippen molar-refractivity contribution < 1.29 is 25.2 Å². The topological polar surface area (TPSA) is 152 Å². The van der Waals surface area contributed by atoms with Gasteiger partial charge in [0.05, 0.1) is 29.5 Å². The highest BCUT2D eigenvalue weighted by Crippen LogP contribution is 2.54. The Morgan fingerprint density at radius 1 is 0.948 bits per heavy atom. The highest BCUT2D eigenvalue weighted by molar-refractivity contribution is 5.71. The lowest BCUT2D eigenvalue weighted by atomic mass is 9.69. The summed E-state index contributed by atoms with van der Waals surface area (Å²) in [6.45, 7) is 7.76. The van der Waals surface area contributed by atoms with Gasteiger partial charge >= 0.3 is 5.97 Å². The molecule has 5 aliphatic rings. The molecule has 6 rings (SSSR count). The second-order valence-electron chi connectivity index (χ2n) is 20.2. The molecule has 4 aliphatic carbocycles. The van der Waals surface area contributed by atoms with Crippen molar-refractivity contribution in [2.24, 2.45) is 53.1 Å². The maximum Gasteiger partial charge on any atom is 0.309 e. The largest absolute Gasteiger partial charge is 0.481 e. The number of unbranched alkanes of at least 4 members (excludes halogenated alkanes) is 3. The summed E-state index contributed by atoms with van der Waals surface area (Å²) in [6.07, 6.45) is 31.4. The minimum absolute atomic E-state index is 0.00344. The molecule has 0 aromatic carbocycles. The van der Waals surface area contributed by atoms with Crippen LogP contribution < -0.4 is 11.1 Å². The highest BCUT2D eigenvalue weighted by atomic mass is 16.4. The molecule has 0 unspecified atom stereocenters. The van der Waals surface area contributed by atoms with Crippen LogP contribution in [-0.4, -0.2) is 55.7 Å². The molecule has 1 aromatic heterocycles. The average molecular weight is 804 g/mol. The second kappa shape index (κ2) is 21.3. The molecule has 3 fully saturated rings. The standard InChI is InChI=1S/C50H81N3O5/c1-4-5-7-12-35-17-18-39(46(55)28-35)15-10-11-16-40-19-20-42(44-30-41(32-53-44)34(3)25-33(2)38-13-8-6-9-14-38)43-27-37(26-36-22-24-52-47(51)29-36)31-50(43,58)23-21-45(54)48(40)49(56)57/h17-18,22,29-30,32-35,37-40,42-43,45-46,48,52-55,58H,4-16,19-21,23-28,31,51H2,1-3H3,(H,56,57)/t33-,34+,35+,37-,39+,40-,42+,43-,45-,46+,48-,50-/m0/s1. The van der Waals surface area contributed by atoms with Crippen LogP contribution in [0.4, 0.5) is 0 Å². The van der Waals surface area contributed by atoms with E-state index in [1.54, 1.807) is 0 Å². The number of nitrogens with two attached hydrogens (primary N) is 1. The SMILES string of the molecule is CCCCC[C@@H]1C=C[C@@H](CCCC[C@H]2CC[C@@H](c3cc([C@H](C)C[C@H](C)C4CCCCC4)c[nH]3)[C@@H]3C[C@H](CC4=CCNC(N)=C4)C[C@@]3(O)CC[C@H](O)[C@H]2C(=O)O)[C@H](O)C1. The van der Waals surface area contributed by atoms with Crippen LogP contribution in [0.3, 0.4) is 0 Å². The van der Waals surface area contributed by atoms with Gasteiger partial charge in [0.2, 0.25) is 0 Å². The van der Waals surface area contributed by atoms with E-state index in [-0.39, 0.29) is 42.1 Å². The molecule has 3 saturated carbocycles. The Labute approximate surface area is 351 Å². The molecule has 0 spiro atoms. The van der Waals surface area contributed by atoms with E-state index in [1.807, 2.05) is 6.08 Å². The molecule has 8 heteroatoms. The number of H-pyrrole nitrogens is 1. The second-order valence-corrected chi connectivity index (χ2v) is 20.2. The summed E-state index contributed by atoms with van der Waals surface area (Å²) in [5, 5.41) is 49.2. The van der Waals surface area contributed by atoms with Gasteiger partial charge in [-0.1, -0.05) is 103 Å². The fraction of sp³-hybridized carbons (Fsp3) is 0.780. The molecule has 0 bridgehead atoms. The van der Waals surface area contributed by atoms with Crippen LogP contribution in [0.25, 0.3) is 0 Å². The number of carbonyl (C=O) groups is 1. The minimum Gasteiger partial charge on any atom is -0.481 e. The van der Waals surface area contributed by atoms with Crippen LogP contribution >= 0.6 is 0 Å². The summed E-state index contributed by atoms with van der Waals surface area (Å²) >= 11 is 0. The van der Waals surface area contributed by atoms with Gasteiger partial charge in [-0.15, -0.1) is 0 Å². The molecular weight excluding hydrogens is 723 g/mol. The molecule has 326 valence electrons. The number of aliphatic carboxylic acids is 1. The van der Waals surface area contributed by atoms with E-state index in [0.717, 1.165) is 63.7 Å². The molecule has 0 saturated heterocycles. The van der Waals surface area contributed by atoms with Crippen LogP contribution in [0, 0.1) is 47.3 Å². The third-order valence-electron chi connectivity index (χ3n) is 16.0. The molecule has 8 N–H and O–H groups in total. The summed E-state index contributed by atoms with van der Waals surface area (Å²) in [5.41, 5.74) is 8.90. The van der Waals surface area contributed by atoms with Gasteiger partial charge in [0, 0.05) is 30.3 Å². The fourth-order valence-electron chi connectivity index (χ4n) is 12.6. The number of hydrogen-bond donors (Lipinski definition) is 7. The smallest absolute Gasteiger partial charge is 0.309 e. The average Bonchev–Trinajstić information content (AvgIpc) is 3.81. The number of dihydropyridines is 1. The van der Waals surface area contributed by atoms with E-state index in [9.17, 15) is 25.2 Å². The lowest BCUT2D eigenvalue weighted by molar-refractivity contribution is -0.150. The van der Waals surface area contributed by atoms with Crippen molar-refractivity contribution in [3.8, 4) is 0 Å². The van der Waals surface area contributed by atoms with Crippen LogP contribution in [0.2, 0.25) is 0 Å². The van der Waals surface area contributed by atoms with Crippen molar-refractivity contribution in [1.82, 2.24) is 10.3 Å². The first-order chi connectivity index (χ1) is 27.9. The lowest BCUT2D eigenvalue weighted by Gasteiger charge is -2.39. The first-order valence-corrected chi connectivity index (χ1v) is 24.0. The van der Waals surface area contributed by atoms with Gasteiger partial charge in [-0.2, -0.15) is 0 Å². The molecular formula is C50H81N3O5. The van der Waals surface area contributed by atoms with Crippen LogP contribution in [0.5, 0.6) is 0 Å². The summed E-state index contributed by atoms with van der Waals surface area (Å²) in [4.78, 5) is 16.8. The number of nitrogens with one attached hydrogen (secondary N) is 2. The van der Waals surface area contributed by atoms with Gasteiger partial charge in [0.15, 0.2) is 0 Å². The van der Waals surface area contributed by atoms with E-state index in [1.165, 1.54) is 74.6 Å². The van der Waals surface area contributed by atoms with Crippen LogP contribution in [0.1, 0.15) is 185 Å². The van der Waals surface area contributed by atoms with Gasteiger partial charge in [0.25, 0.3) is 0 Å². The van der Waals surface area contributed by atoms with E-state index in [4.69, 9.17) is 5.73 Å². The maximum atomic E-state index is 13.0. The highest BCUT2D eigenvalue weighted by Gasteiger charge is 2.51. The van der Waals surface area contributed by atoms with Gasteiger partial charge in [-0.05, 0) is 142 Å². The number of aromatic nitrogens is 1. The Hall–Kier alpha value is -2.55. The number of rotatable bonds is 17. The lowest BCUT2D eigenvalue weighted by Crippen LogP contribution is -2.42. The molecule has 58 heavy (non-hydrogen) atoms. The molecule has 2 heterocycles. The normalized spacial score (nSPS) is 34.7. The summed E-state index contributed by atoms with van der Waals surface area (Å²) in [5.74, 6) is 1.66. The summed E-state index contributed by atoms with van der Waals surface area (Å²) in [6, 6.07) is 2.39. The molecule has 0 radical (unpaired) electrons. The van der Waals surface area contributed by atoms with Crippen molar-refractivity contribution in [1.29, 1.82) is 0 Å². The molecule has 12 atom stereocenters. The Morgan fingerprint density at radius 3 is 2.47 bits per heavy atom. The number of hydrogen-bond acceptors (Lipinski definition) is 6. The summed E-state index contributed by atoms with van der Waals surface area (Å²) < 4.78 is 0. The Balaban J connectivity index is 1.18. The van der Waals surface area contributed by atoms with E-state index in [2.05, 4.69) is 61.6 Å². The Kier molecular flexibility index (Phi) is 16.5. The first-order valence-electron chi connectivity index (χ1n) is 24.0. The number of aromatic amines is 1. The molecule has 1 aromatic rings. The zero-order valence-electron chi connectivity index (χ0n) is 36.4. The number of fused-ring (bicyclic) bond motifs is 1. The van der Waals surface area contributed by atoms with Gasteiger partial charge in [0.1, 0.15) is 0 Å². The first kappa shape index (κ1) is 45.0. The maximum absolute atomic E-state index is 13.0. The van der Waals surface area contributed by atoms with Crippen LogP contribution in [0.15, 0.2) is 48.0 Å². The number of carboxylic acid groups (broad SMARTS) is 1. The van der Waals surface area contributed by atoms with Crippen molar-refractivity contribution >= 4 is 5.97 Å². The van der Waals surface area contributed by atoms with Crippen LogP contribution in [-0.2, 0) is 4.79 Å².